The van der Waals surface area contributed by atoms with Gasteiger partial charge in [-0.2, -0.15) is 0 Å². The fraction of sp³-hybridized carbons (Fsp3) is 0.238. The zero-order chi connectivity index (χ0) is 20.4. The molecule has 0 unspecified atom stereocenters. The van der Waals surface area contributed by atoms with E-state index < -0.39 is 5.97 Å². The van der Waals surface area contributed by atoms with Crippen molar-refractivity contribution in [3.05, 3.63) is 63.3 Å². The summed E-state index contributed by atoms with van der Waals surface area (Å²) in [6.45, 7) is 3.99. The number of carbonyl (C=O) groups excluding carboxylic acids is 2. The highest BCUT2D eigenvalue weighted by atomic mass is 35.5. The first-order valence-electron chi connectivity index (χ1n) is 8.81. The summed E-state index contributed by atoms with van der Waals surface area (Å²) in [6, 6.07) is 9.53. The number of rotatable bonds is 5. The number of ether oxygens (including phenoxy) is 1. The first-order valence-corrected chi connectivity index (χ1v) is 9.57. The molecule has 0 saturated carbocycles. The molecule has 0 aliphatic rings. The van der Waals surface area contributed by atoms with Gasteiger partial charge in [0, 0.05) is 21.7 Å². The SMILES string of the molecule is CCCOC(=O)Cc1c(C)n(C(=O)c2ccc(Cl)cc2)c2cc(Cl)c(O)cc12. The summed E-state index contributed by atoms with van der Waals surface area (Å²) in [6.07, 6.45) is 0.711. The Morgan fingerprint density at radius 1 is 1.14 bits per heavy atom. The molecule has 1 N–H and O–H groups in total. The molecule has 7 heteroatoms. The van der Waals surface area contributed by atoms with Crippen LogP contribution in [0.5, 0.6) is 5.75 Å². The van der Waals surface area contributed by atoms with E-state index in [0.29, 0.717) is 39.4 Å². The molecule has 3 rings (SSSR count). The van der Waals surface area contributed by atoms with Gasteiger partial charge >= 0.3 is 5.97 Å². The summed E-state index contributed by atoms with van der Waals surface area (Å²) in [5.41, 5.74) is 2.16. The average molecular weight is 420 g/mol. The third-order valence-corrected chi connectivity index (χ3v) is 5.04. The lowest BCUT2D eigenvalue weighted by molar-refractivity contribution is -0.142. The normalized spacial score (nSPS) is 11.0. The lowest BCUT2D eigenvalue weighted by atomic mass is 10.1. The topological polar surface area (TPSA) is 68.5 Å². The van der Waals surface area contributed by atoms with Crippen molar-refractivity contribution in [1.29, 1.82) is 0 Å². The Labute approximate surface area is 172 Å². The smallest absolute Gasteiger partial charge is 0.310 e. The molecule has 5 nitrogen and oxygen atoms in total. The van der Waals surface area contributed by atoms with Gasteiger partial charge in [-0.3, -0.25) is 14.2 Å². The minimum absolute atomic E-state index is 0.00962. The van der Waals surface area contributed by atoms with Gasteiger partial charge in [0.1, 0.15) is 5.75 Å². The molecule has 28 heavy (non-hydrogen) atoms. The summed E-state index contributed by atoms with van der Waals surface area (Å²) in [4.78, 5) is 25.3. The third-order valence-electron chi connectivity index (χ3n) is 4.49. The predicted molar refractivity (Wildman–Crippen MR) is 109 cm³/mol. The molecular formula is C21H19Cl2NO4. The summed E-state index contributed by atoms with van der Waals surface area (Å²) < 4.78 is 6.68. The third kappa shape index (κ3) is 3.86. The molecule has 146 valence electrons. The van der Waals surface area contributed by atoms with E-state index in [1.165, 1.54) is 16.7 Å². The van der Waals surface area contributed by atoms with Crippen molar-refractivity contribution in [3.63, 3.8) is 0 Å². The molecule has 0 bridgehead atoms. The summed E-state index contributed by atoms with van der Waals surface area (Å²) in [5, 5.41) is 11.3. The molecule has 0 amide bonds. The number of aromatic nitrogens is 1. The maximum absolute atomic E-state index is 13.2. The van der Waals surface area contributed by atoms with Crippen LogP contribution >= 0.6 is 23.2 Å². The van der Waals surface area contributed by atoms with Crippen LogP contribution in [0.25, 0.3) is 10.9 Å². The number of phenolic OH excluding ortho intramolecular Hbond substituents is 1. The van der Waals surface area contributed by atoms with Crippen molar-refractivity contribution in [2.45, 2.75) is 26.7 Å². The van der Waals surface area contributed by atoms with E-state index >= 15 is 0 Å². The second-order valence-corrected chi connectivity index (χ2v) is 7.27. The molecule has 1 aromatic heterocycles. The van der Waals surface area contributed by atoms with Crippen LogP contribution in [0.4, 0.5) is 0 Å². The van der Waals surface area contributed by atoms with Gasteiger partial charge in [0.25, 0.3) is 5.91 Å². The zero-order valence-corrected chi connectivity index (χ0v) is 17.0. The summed E-state index contributed by atoms with van der Waals surface area (Å²) in [5.74, 6) is -0.792. The quantitative estimate of drug-likeness (QED) is 0.580. The number of hydrogen-bond acceptors (Lipinski definition) is 4. The van der Waals surface area contributed by atoms with Gasteiger partial charge in [0.2, 0.25) is 0 Å². The van der Waals surface area contributed by atoms with E-state index in [0.717, 1.165) is 6.42 Å². The van der Waals surface area contributed by atoms with E-state index in [1.807, 2.05) is 6.92 Å². The Morgan fingerprint density at radius 3 is 2.46 bits per heavy atom. The highest BCUT2D eigenvalue weighted by Gasteiger charge is 2.23. The van der Waals surface area contributed by atoms with Gasteiger partial charge in [-0.25, -0.2) is 0 Å². The van der Waals surface area contributed by atoms with Crippen LogP contribution in [0, 0.1) is 6.92 Å². The van der Waals surface area contributed by atoms with Gasteiger partial charge in [-0.1, -0.05) is 30.1 Å². The van der Waals surface area contributed by atoms with Crippen LogP contribution < -0.4 is 0 Å². The standard InChI is InChI=1S/C21H19Cl2NO4/c1-3-8-28-20(26)10-15-12(2)24(18-11-17(23)19(25)9-16(15)18)21(27)13-4-6-14(22)7-5-13/h4-7,9,11,25H,3,8,10H2,1-2H3. The average Bonchev–Trinajstić information content (AvgIpc) is 2.91. The van der Waals surface area contributed by atoms with Crippen LogP contribution in [0.15, 0.2) is 36.4 Å². The molecule has 0 aliphatic heterocycles. The molecule has 2 aromatic carbocycles. The van der Waals surface area contributed by atoms with E-state index in [-0.39, 0.29) is 23.1 Å². The molecule has 0 atom stereocenters. The predicted octanol–water partition coefficient (Wildman–Crippen LogP) is 5.15. The van der Waals surface area contributed by atoms with E-state index in [4.69, 9.17) is 27.9 Å². The molecule has 0 radical (unpaired) electrons. The summed E-state index contributed by atoms with van der Waals surface area (Å²) >= 11 is 12.0. The van der Waals surface area contributed by atoms with Crippen molar-refractivity contribution in [2.24, 2.45) is 0 Å². The van der Waals surface area contributed by atoms with E-state index in [1.54, 1.807) is 31.2 Å². The Bertz CT molecular complexity index is 1050. The molecule has 0 spiro atoms. The number of nitrogens with zero attached hydrogens (tertiary/aromatic N) is 1. The minimum Gasteiger partial charge on any atom is -0.506 e. The molecule has 1 heterocycles. The maximum atomic E-state index is 13.2. The Kier molecular flexibility index (Phi) is 5.96. The number of halogens is 2. The number of phenols is 1. The van der Waals surface area contributed by atoms with Gasteiger partial charge in [-0.05, 0) is 55.3 Å². The molecule has 0 fully saturated rings. The number of hydrogen-bond donors (Lipinski definition) is 1. The van der Waals surface area contributed by atoms with Crippen LogP contribution in [-0.2, 0) is 16.0 Å². The Balaban J connectivity index is 2.15. The number of benzene rings is 2. The van der Waals surface area contributed by atoms with Crippen molar-refractivity contribution < 1.29 is 19.4 Å². The monoisotopic (exact) mass is 419 g/mol. The fourth-order valence-electron chi connectivity index (χ4n) is 3.11. The Morgan fingerprint density at radius 2 is 1.82 bits per heavy atom. The zero-order valence-electron chi connectivity index (χ0n) is 15.5. The number of carbonyl (C=O) groups is 2. The van der Waals surface area contributed by atoms with Gasteiger partial charge < -0.3 is 9.84 Å². The molecular weight excluding hydrogens is 401 g/mol. The second kappa shape index (κ2) is 8.25. The van der Waals surface area contributed by atoms with Gasteiger partial charge in [0.15, 0.2) is 0 Å². The molecule has 0 saturated heterocycles. The van der Waals surface area contributed by atoms with E-state index in [2.05, 4.69) is 0 Å². The molecule has 3 aromatic rings. The van der Waals surface area contributed by atoms with Crippen LogP contribution in [0.2, 0.25) is 10.0 Å². The summed E-state index contributed by atoms with van der Waals surface area (Å²) in [7, 11) is 0. The highest BCUT2D eigenvalue weighted by Crippen LogP contribution is 2.35. The number of esters is 1. The van der Waals surface area contributed by atoms with Crippen molar-refractivity contribution in [2.75, 3.05) is 6.61 Å². The number of aromatic hydroxyl groups is 1. The van der Waals surface area contributed by atoms with Crippen molar-refractivity contribution >= 4 is 46.0 Å². The largest absolute Gasteiger partial charge is 0.506 e. The lowest BCUT2D eigenvalue weighted by Crippen LogP contribution is -2.14. The van der Waals surface area contributed by atoms with Gasteiger partial charge in [-0.15, -0.1) is 0 Å². The van der Waals surface area contributed by atoms with Crippen LogP contribution in [0.1, 0.15) is 35.0 Å². The van der Waals surface area contributed by atoms with Crippen LogP contribution in [-0.4, -0.2) is 28.2 Å². The van der Waals surface area contributed by atoms with E-state index in [9.17, 15) is 14.7 Å². The van der Waals surface area contributed by atoms with Crippen molar-refractivity contribution in [1.82, 2.24) is 4.57 Å². The minimum atomic E-state index is -0.391. The lowest BCUT2D eigenvalue weighted by Gasteiger charge is -2.08. The second-order valence-electron chi connectivity index (χ2n) is 6.43. The highest BCUT2D eigenvalue weighted by molar-refractivity contribution is 6.33. The van der Waals surface area contributed by atoms with Crippen LogP contribution in [0.3, 0.4) is 0 Å². The van der Waals surface area contributed by atoms with Crippen molar-refractivity contribution in [3.8, 4) is 5.75 Å². The van der Waals surface area contributed by atoms with Gasteiger partial charge in [0.05, 0.1) is 23.6 Å². The Hall–Kier alpha value is -2.50. The maximum Gasteiger partial charge on any atom is 0.310 e. The fourth-order valence-corrected chi connectivity index (χ4v) is 3.39. The number of fused-ring (bicyclic) bond motifs is 1. The molecule has 0 aliphatic carbocycles. The first-order chi connectivity index (χ1) is 13.3. The first kappa shape index (κ1) is 20.2.